The predicted octanol–water partition coefficient (Wildman–Crippen LogP) is 1.55. The maximum Gasteiger partial charge on any atom is 0.257 e. The Morgan fingerprint density at radius 1 is 1.15 bits per heavy atom. The van der Waals surface area contributed by atoms with E-state index in [0.29, 0.717) is 55.1 Å². The first-order valence-corrected chi connectivity index (χ1v) is 8.47. The van der Waals surface area contributed by atoms with Crippen LogP contribution in [0.4, 0.5) is 0 Å². The van der Waals surface area contributed by atoms with Crippen LogP contribution in [0, 0.1) is 0 Å². The van der Waals surface area contributed by atoms with E-state index < -0.39 is 0 Å². The van der Waals surface area contributed by atoms with E-state index >= 15 is 0 Å². The van der Waals surface area contributed by atoms with E-state index in [2.05, 4.69) is 10.2 Å². The van der Waals surface area contributed by atoms with E-state index in [-0.39, 0.29) is 12.0 Å². The van der Waals surface area contributed by atoms with Crippen molar-refractivity contribution < 1.29 is 23.7 Å². The van der Waals surface area contributed by atoms with Crippen molar-refractivity contribution in [1.82, 2.24) is 15.1 Å². The number of rotatable bonds is 4. The van der Waals surface area contributed by atoms with Crippen LogP contribution in [0.25, 0.3) is 0 Å². The third kappa shape index (κ3) is 3.22. The first kappa shape index (κ1) is 16.4. The standard InChI is InChI=1S/C18H19N3O5/c1-23-15-5-6-16(20-19-15)26-12-7-8-21(11-12)18(22)13-3-2-4-14-17(13)25-10-9-24-14/h2-6,12H,7-11H2,1H3. The fourth-order valence-electron chi connectivity index (χ4n) is 3.07. The molecule has 2 aliphatic heterocycles. The molecule has 1 saturated heterocycles. The Balaban J connectivity index is 1.43. The molecule has 0 N–H and O–H groups in total. The lowest BCUT2D eigenvalue weighted by Crippen LogP contribution is -2.32. The number of hydrogen-bond acceptors (Lipinski definition) is 7. The van der Waals surface area contributed by atoms with Crippen LogP contribution in [-0.2, 0) is 0 Å². The molecule has 1 amide bonds. The van der Waals surface area contributed by atoms with Gasteiger partial charge in [-0.05, 0) is 12.1 Å². The lowest BCUT2D eigenvalue weighted by atomic mass is 10.1. The molecule has 1 fully saturated rings. The number of nitrogens with zero attached hydrogens (tertiary/aromatic N) is 3. The van der Waals surface area contributed by atoms with Crippen molar-refractivity contribution in [3.63, 3.8) is 0 Å². The fraction of sp³-hybridized carbons (Fsp3) is 0.389. The van der Waals surface area contributed by atoms with Crippen molar-refractivity contribution in [2.45, 2.75) is 12.5 Å². The van der Waals surface area contributed by atoms with Gasteiger partial charge in [0.2, 0.25) is 11.8 Å². The molecule has 0 spiro atoms. The van der Waals surface area contributed by atoms with E-state index in [0.717, 1.165) is 6.42 Å². The van der Waals surface area contributed by atoms with Gasteiger partial charge in [-0.3, -0.25) is 4.79 Å². The highest BCUT2D eigenvalue weighted by Crippen LogP contribution is 2.34. The summed E-state index contributed by atoms with van der Waals surface area (Å²) in [6.45, 7) is 2.03. The zero-order chi connectivity index (χ0) is 17.9. The molecule has 0 aliphatic carbocycles. The predicted molar refractivity (Wildman–Crippen MR) is 91.0 cm³/mol. The van der Waals surface area contributed by atoms with Gasteiger partial charge >= 0.3 is 0 Å². The van der Waals surface area contributed by atoms with Gasteiger partial charge in [0.05, 0.1) is 19.2 Å². The summed E-state index contributed by atoms with van der Waals surface area (Å²) in [5, 5.41) is 7.84. The monoisotopic (exact) mass is 357 g/mol. The Morgan fingerprint density at radius 2 is 1.96 bits per heavy atom. The highest BCUT2D eigenvalue weighted by molar-refractivity contribution is 5.98. The molecule has 4 rings (SSSR count). The number of amides is 1. The smallest absolute Gasteiger partial charge is 0.257 e. The molecule has 3 heterocycles. The van der Waals surface area contributed by atoms with Crippen molar-refractivity contribution in [3.05, 3.63) is 35.9 Å². The van der Waals surface area contributed by atoms with Gasteiger partial charge < -0.3 is 23.8 Å². The van der Waals surface area contributed by atoms with E-state index in [9.17, 15) is 4.79 Å². The number of para-hydroxylation sites is 1. The van der Waals surface area contributed by atoms with Gasteiger partial charge in [0.25, 0.3) is 5.91 Å². The fourth-order valence-corrected chi connectivity index (χ4v) is 3.07. The van der Waals surface area contributed by atoms with Gasteiger partial charge in [-0.25, -0.2) is 0 Å². The highest BCUT2D eigenvalue weighted by atomic mass is 16.6. The number of carbonyl (C=O) groups excluding carboxylic acids is 1. The summed E-state index contributed by atoms with van der Waals surface area (Å²) in [5.41, 5.74) is 0.520. The van der Waals surface area contributed by atoms with Gasteiger partial charge in [0.1, 0.15) is 19.3 Å². The number of hydrogen-bond donors (Lipinski definition) is 0. The van der Waals surface area contributed by atoms with Crippen LogP contribution in [0.5, 0.6) is 23.3 Å². The number of carbonyl (C=O) groups is 1. The second-order valence-electron chi connectivity index (χ2n) is 6.02. The molecule has 1 aromatic heterocycles. The largest absolute Gasteiger partial charge is 0.486 e. The van der Waals surface area contributed by atoms with Crippen molar-refractivity contribution in [2.75, 3.05) is 33.4 Å². The minimum absolute atomic E-state index is 0.0840. The maximum absolute atomic E-state index is 12.9. The summed E-state index contributed by atoms with van der Waals surface area (Å²) in [6, 6.07) is 8.77. The molecule has 8 heteroatoms. The summed E-state index contributed by atoms with van der Waals surface area (Å²) >= 11 is 0. The normalized spacial score (nSPS) is 18.5. The van der Waals surface area contributed by atoms with E-state index in [4.69, 9.17) is 18.9 Å². The molecule has 2 aromatic rings. The molecule has 0 saturated carbocycles. The number of fused-ring (bicyclic) bond motifs is 1. The SMILES string of the molecule is COc1ccc(OC2CCN(C(=O)c3cccc4c3OCCO4)C2)nn1. The second kappa shape index (κ2) is 7.07. The molecule has 0 bridgehead atoms. The van der Waals surface area contributed by atoms with Gasteiger partial charge in [0.15, 0.2) is 11.5 Å². The molecular weight excluding hydrogens is 338 g/mol. The van der Waals surface area contributed by atoms with Crippen molar-refractivity contribution in [3.8, 4) is 23.3 Å². The van der Waals surface area contributed by atoms with Crippen molar-refractivity contribution in [1.29, 1.82) is 0 Å². The number of likely N-dealkylation sites (tertiary alicyclic amines) is 1. The number of ether oxygens (including phenoxy) is 4. The molecule has 136 valence electrons. The summed E-state index contributed by atoms with van der Waals surface area (Å²) < 4.78 is 22.0. The average Bonchev–Trinajstić information content (AvgIpc) is 3.16. The lowest BCUT2D eigenvalue weighted by molar-refractivity contribution is 0.0760. The summed E-state index contributed by atoms with van der Waals surface area (Å²) in [4.78, 5) is 14.6. The van der Waals surface area contributed by atoms with Crippen LogP contribution in [0.15, 0.2) is 30.3 Å². The van der Waals surface area contributed by atoms with Gasteiger partial charge in [-0.1, -0.05) is 6.07 Å². The Bertz CT molecular complexity index is 796. The number of methoxy groups -OCH3 is 1. The minimum atomic E-state index is -0.127. The molecule has 2 aliphatic rings. The molecule has 8 nitrogen and oxygen atoms in total. The van der Waals surface area contributed by atoms with Gasteiger partial charge in [-0.2, -0.15) is 0 Å². The van der Waals surface area contributed by atoms with E-state index in [1.54, 1.807) is 29.2 Å². The maximum atomic E-state index is 12.9. The van der Waals surface area contributed by atoms with Crippen LogP contribution < -0.4 is 18.9 Å². The molecule has 1 aromatic carbocycles. The topological polar surface area (TPSA) is 83.0 Å². The quantitative estimate of drug-likeness (QED) is 0.821. The first-order valence-electron chi connectivity index (χ1n) is 8.47. The third-order valence-corrected chi connectivity index (χ3v) is 4.34. The van der Waals surface area contributed by atoms with Gasteiger partial charge in [0, 0.05) is 25.1 Å². The number of aromatic nitrogens is 2. The van der Waals surface area contributed by atoms with E-state index in [1.807, 2.05) is 6.07 Å². The third-order valence-electron chi connectivity index (χ3n) is 4.34. The highest BCUT2D eigenvalue weighted by Gasteiger charge is 2.31. The summed E-state index contributed by atoms with van der Waals surface area (Å²) in [6.07, 6.45) is 0.601. The van der Waals surface area contributed by atoms with E-state index in [1.165, 1.54) is 7.11 Å². The zero-order valence-corrected chi connectivity index (χ0v) is 14.4. The molecule has 1 atom stereocenters. The van der Waals surface area contributed by atoms with Crippen molar-refractivity contribution in [2.24, 2.45) is 0 Å². The summed E-state index contributed by atoms with van der Waals surface area (Å²) in [7, 11) is 1.53. The molecular formula is C18H19N3O5. The minimum Gasteiger partial charge on any atom is -0.486 e. The zero-order valence-electron chi connectivity index (χ0n) is 14.4. The molecule has 1 unspecified atom stereocenters. The summed E-state index contributed by atoms with van der Waals surface area (Å²) in [5.74, 6) is 1.89. The Hall–Kier alpha value is -3.03. The first-order chi connectivity index (χ1) is 12.7. The van der Waals surface area contributed by atoms with Crippen LogP contribution in [0.2, 0.25) is 0 Å². The molecule has 0 radical (unpaired) electrons. The Morgan fingerprint density at radius 3 is 2.77 bits per heavy atom. The van der Waals surface area contributed by atoms with Crippen LogP contribution >= 0.6 is 0 Å². The van der Waals surface area contributed by atoms with Gasteiger partial charge in [-0.15, -0.1) is 10.2 Å². The average molecular weight is 357 g/mol. The van der Waals surface area contributed by atoms with Crippen LogP contribution in [-0.4, -0.2) is 60.5 Å². The van der Waals surface area contributed by atoms with Crippen LogP contribution in [0.1, 0.15) is 16.8 Å². The Kier molecular flexibility index (Phi) is 4.47. The molecule has 26 heavy (non-hydrogen) atoms. The number of benzene rings is 1. The van der Waals surface area contributed by atoms with Crippen LogP contribution in [0.3, 0.4) is 0 Å². The van der Waals surface area contributed by atoms with Crippen molar-refractivity contribution >= 4 is 5.91 Å². The Labute approximate surface area is 150 Å². The second-order valence-corrected chi connectivity index (χ2v) is 6.02. The lowest BCUT2D eigenvalue weighted by Gasteiger charge is -2.23.